The van der Waals surface area contributed by atoms with Crippen LogP contribution in [0.1, 0.15) is 12.8 Å². The number of halogens is 1. The van der Waals surface area contributed by atoms with Crippen LogP contribution in [0.15, 0.2) is 24.3 Å². The third kappa shape index (κ3) is 5.26. The molecule has 0 bridgehead atoms. The number of hydrogen-bond donors (Lipinski definition) is 1. The van der Waals surface area contributed by atoms with Gasteiger partial charge < -0.3 is 14.7 Å². The fraction of sp³-hybridized carbons (Fsp3) is 0.625. The van der Waals surface area contributed by atoms with Crippen LogP contribution in [0.3, 0.4) is 0 Å². The van der Waals surface area contributed by atoms with Gasteiger partial charge in [0, 0.05) is 19.1 Å². The van der Waals surface area contributed by atoms with Crippen molar-refractivity contribution < 1.29 is 14.2 Å². The Bertz CT molecular complexity index is 425. The Kier molecular flexibility index (Phi) is 5.96. The van der Waals surface area contributed by atoms with Crippen molar-refractivity contribution in [3.8, 4) is 5.75 Å². The standard InChI is InChI=1S/C16H25FN2O2/c1-18(2)14-4-3-9-19(10-14)11-15(20)12-21-16-7-5-13(17)6-8-16/h5-8,14-15,20H,3-4,9-12H2,1-2H3. The molecular formula is C16H25FN2O2. The van der Waals surface area contributed by atoms with Crippen molar-refractivity contribution in [3.05, 3.63) is 30.1 Å². The maximum atomic E-state index is 12.8. The largest absolute Gasteiger partial charge is 0.491 e. The predicted molar refractivity (Wildman–Crippen MR) is 81.1 cm³/mol. The van der Waals surface area contributed by atoms with Crippen molar-refractivity contribution in [2.75, 3.05) is 40.3 Å². The van der Waals surface area contributed by atoms with E-state index in [1.54, 1.807) is 12.1 Å². The number of hydrogen-bond acceptors (Lipinski definition) is 4. The minimum Gasteiger partial charge on any atom is -0.491 e. The highest BCUT2D eigenvalue weighted by atomic mass is 19.1. The lowest BCUT2D eigenvalue weighted by molar-refractivity contribution is 0.0456. The van der Waals surface area contributed by atoms with Gasteiger partial charge in [-0.15, -0.1) is 0 Å². The van der Waals surface area contributed by atoms with Crippen LogP contribution < -0.4 is 4.74 Å². The van der Waals surface area contributed by atoms with Crippen molar-refractivity contribution in [2.24, 2.45) is 0 Å². The van der Waals surface area contributed by atoms with Gasteiger partial charge in [-0.1, -0.05) is 0 Å². The van der Waals surface area contributed by atoms with Crippen molar-refractivity contribution in [1.29, 1.82) is 0 Å². The minimum atomic E-state index is -0.532. The van der Waals surface area contributed by atoms with Gasteiger partial charge in [0.2, 0.25) is 0 Å². The van der Waals surface area contributed by atoms with Gasteiger partial charge in [0.15, 0.2) is 0 Å². The molecule has 0 aliphatic carbocycles. The summed E-state index contributed by atoms with van der Waals surface area (Å²) in [6.45, 7) is 2.86. The summed E-state index contributed by atoms with van der Waals surface area (Å²) in [5.41, 5.74) is 0. The third-order valence-corrected chi connectivity index (χ3v) is 3.94. The molecule has 4 nitrogen and oxygen atoms in total. The second-order valence-corrected chi connectivity index (χ2v) is 5.94. The number of likely N-dealkylation sites (tertiary alicyclic amines) is 1. The smallest absolute Gasteiger partial charge is 0.123 e. The van der Waals surface area contributed by atoms with Gasteiger partial charge in [-0.25, -0.2) is 4.39 Å². The predicted octanol–water partition coefficient (Wildman–Crippen LogP) is 1.59. The minimum absolute atomic E-state index is 0.231. The molecule has 1 fully saturated rings. The molecule has 0 aromatic heterocycles. The second kappa shape index (κ2) is 7.73. The lowest BCUT2D eigenvalue weighted by Crippen LogP contribution is -2.48. The van der Waals surface area contributed by atoms with E-state index in [0.29, 0.717) is 18.3 Å². The number of ether oxygens (including phenoxy) is 1. The van der Waals surface area contributed by atoms with E-state index in [2.05, 4.69) is 23.9 Å². The number of piperidine rings is 1. The Morgan fingerprint density at radius 3 is 2.76 bits per heavy atom. The number of β-amino-alcohol motifs (C(OH)–C–C–N with tert-alkyl or cyclic N) is 1. The maximum Gasteiger partial charge on any atom is 0.123 e. The zero-order valence-electron chi connectivity index (χ0n) is 12.8. The van der Waals surface area contributed by atoms with E-state index in [0.717, 1.165) is 19.5 Å². The van der Waals surface area contributed by atoms with E-state index in [4.69, 9.17) is 4.74 Å². The monoisotopic (exact) mass is 296 g/mol. The molecule has 1 N–H and O–H groups in total. The van der Waals surface area contributed by atoms with E-state index in [-0.39, 0.29) is 12.4 Å². The number of benzene rings is 1. The van der Waals surface area contributed by atoms with Gasteiger partial charge >= 0.3 is 0 Å². The van der Waals surface area contributed by atoms with Crippen LogP contribution >= 0.6 is 0 Å². The second-order valence-electron chi connectivity index (χ2n) is 5.94. The molecule has 0 radical (unpaired) electrons. The van der Waals surface area contributed by atoms with Gasteiger partial charge in [0.1, 0.15) is 24.3 Å². The Balaban J connectivity index is 1.73. The Hall–Kier alpha value is -1.17. The van der Waals surface area contributed by atoms with Crippen LogP contribution in [-0.4, -0.2) is 67.4 Å². The number of aliphatic hydroxyl groups is 1. The highest BCUT2D eigenvalue weighted by molar-refractivity contribution is 5.22. The summed E-state index contributed by atoms with van der Waals surface area (Å²) >= 11 is 0. The molecule has 1 saturated heterocycles. The quantitative estimate of drug-likeness (QED) is 0.865. The summed E-state index contributed by atoms with van der Waals surface area (Å²) in [5, 5.41) is 10.1. The summed E-state index contributed by atoms with van der Waals surface area (Å²) in [5.74, 6) is 0.297. The maximum absolute atomic E-state index is 12.8. The van der Waals surface area contributed by atoms with Crippen LogP contribution in [0.4, 0.5) is 4.39 Å². The molecule has 1 aliphatic heterocycles. The topological polar surface area (TPSA) is 35.9 Å². The average Bonchev–Trinajstić information content (AvgIpc) is 2.47. The van der Waals surface area contributed by atoms with Crippen molar-refractivity contribution >= 4 is 0 Å². The Morgan fingerprint density at radius 1 is 1.38 bits per heavy atom. The number of rotatable bonds is 6. The zero-order chi connectivity index (χ0) is 15.2. The fourth-order valence-corrected chi connectivity index (χ4v) is 2.69. The molecule has 1 aliphatic rings. The zero-order valence-corrected chi connectivity index (χ0v) is 12.8. The van der Waals surface area contributed by atoms with E-state index in [1.165, 1.54) is 18.6 Å². The van der Waals surface area contributed by atoms with E-state index in [1.807, 2.05) is 0 Å². The van der Waals surface area contributed by atoms with E-state index in [9.17, 15) is 9.50 Å². The first-order valence-corrected chi connectivity index (χ1v) is 7.50. The molecule has 2 rings (SSSR count). The summed E-state index contributed by atoms with van der Waals surface area (Å²) in [7, 11) is 4.20. The van der Waals surface area contributed by atoms with Gasteiger partial charge in [0.25, 0.3) is 0 Å². The Morgan fingerprint density at radius 2 is 2.10 bits per heavy atom. The molecular weight excluding hydrogens is 271 g/mol. The molecule has 5 heteroatoms. The lowest BCUT2D eigenvalue weighted by Gasteiger charge is -2.36. The van der Waals surface area contributed by atoms with Crippen molar-refractivity contribution in [3.63, 3.8) is 0 Å². The molecule has 0 spiro atoms. The number of aliphatic hydroxyl groups excluding tert-OH is 1. The molecule has 2 atom stereocenters. The molecule has 118 valence electrons. The third-order valence-electron chi connectivity index (χ3n) is 3.94. The van der Waals surface area contributed by atoms with Crippen molar-refractivity contribution in [1.82, 2.24) is 9.80 Å². The summed E-state index contributed by atoms with van der Waals surface area (Å²) in [6, 6.07) is 6.42. The summed E-state index contributed by atoms with van der Waals surface area (Å²) < 4.78 is 18.3. The molecule has 2 unspecified atom stereocenters. The lowest BCUT2D eigenvalue weighted by atomic mass is 10.0. The Labute approximate surface area is 126 Å². The molecule has 1 aromatic carbocycles. The van der Waals surface area contributed by atoms with E-state index >= 15 is 0 Å². The first-order valence-electron chi connectivity index (χ1n) is 7.50. The number of likely N-dealkylation sites (N-methyl/N-ethyl adjacent to an activating group) is 1. The van der Waals surface area contributed by atoms with Gasteiger partial charge in [-0.2, -0.15) is 0 Å². The number of nitrogens with zero attached hydrogens (tertiary/aromatic N) is 2. The van der Waals surface area contributed by atoms with Crippen LogP contribution in [0, 0.1) is 5.82 Å². The van der Waals surface area contributed by atoms with Crippen LogP contribution in [-0.2, 0) is 0 Å². The summed E-state index contributed by atoms with van der Waals surface area (Å²) in [4.78, 5) is 4.53. The normalized spacial score (nSPS) is 21.5. The van der Waals surface area contributed by atoms with Crippen molar-refractivity contribution in [2.45, 2.75) is 25.0 Å². The summed E-state index contributed by atoms with van der Waals surface area (Å²) in [6.07, 6.45) is 1.84. The molecule has 1 heterocycles. The van der Waals surface area contributed by atoms with Crippen LogP contribution in [0.25, 0.3) is 0 Å². The molecule has 0 amide bonds. The molecule has 0 saturated carbocycles. The van der Waals surface area contributed by atoms with Gasteiger partial charge in [0.05, 0.1) is 0 Å². The van der Waals surface area contributed by atoms with Crippen LogP contribution in [0.5, 0.6) is 5.75 Å². The molecule has 21 heavy (non-hydrogen) atoms. The van der Waals surface area contributed by atoms with Gasteiger partial charge in [-0.3, -0.25) is 4.90 Å². The van der Waals surface area contributed by atoms with E-state index < -0.39 is 6.10 Å². The van der Waals surface area contributed by atoms with Crippen LogP contribution in [0.2, 0.25) is 0 Å². The SMILES string of the molecule is CN(C)C1CCCN(CC(O)COc2ccc(F)cc2)C1. The fourth-order valence-electron chi connectivity index (χ4n) is 2.69. The van der Waals surface area contributed by atoms with Gasteiger partial charge in [-0.05, 0) is 57.7 Å². The first-order chi connectivity index (χ1) is 10.0. The highest BCUT2D eigenvalue weighted by Crippen LogP contribution is 2.15. The first kappa shape index (κ1) is 16.2. The average molecular weight is 296 g/mol. The highest BCUT2D eigenvalue weighted by Gasteiger charge is 2.23. The molecule has 1 aromatic rings.